The fourth-order valence-electron chi connectivity index (χ4n) is 2.70. The molecule has 2 rings (SSSR count). The molecule has 1 saturated heterocycles. The van der Waals surface area contributed by atoms with E-state index in [1.165, 1.54) is 19.3 Å². The molecule has 1 fully saturated rings. The van der Waals surface area contributed by atoms with Crippen molar-refractivity contribution in [2.24, 2.45) is 0 Å². The summed E-state index contributed by atoms with van der Waals surface area (Å²) >= 11 is 0. The quantitative estimate of drug-likeness (QED) is 0.739. The molecule has 0 unspecified atom stereocenters. The van der Waals surface area contributed by atoms with Gasteiger partial charge in [0.1, 0.15) is 6.26 Å². The average molecular weight is 276 g/mol. The molecular weight excluding hydrogens is 248 g/mol. The van der Waals surface area contributed by atoms with Crippen molar-refractivity contribution >= 4 is 0 Å². The SMILES string of the molecule is CC=CON1C(C)(C)CCCC1(C)C.c1ccncc1. The summed E-state index contributed by atoms with van der Waals surface area (Å²) in [4.78, 5) is 9.50. The van der Waals surface area contributed by atoms with Gasteiger partial charge in [0, 0.05) is 12.4 Å². The lowest BCUT2D eigenvalue weighted by molar-refractivity contribution is -0.246. The van der Waals surface area contributed by atoms with Gasteiger partial charge in [-0.15, -0.1) is 5.06 Å². The average Bonchev–Trinajstić information content (AvgIpc) is 2.39. The maximum Gasteiger partial charge on any atom is 0.107 e. The molecule has 1 aromatic heterocycles. The lowest BCUT2D eigenvalue weighted by Crippen LogP contribution is -2.57. The zero-order chi connectivity index (χ0) is 15.1. The highest BCUT2D eigenvalue weighted by molar-refractivity contribution is 4.93. The minimum atomic E-state index is 0.140. The molecule has 0 atom stereocenters. The molecule has 0 amide bonds. The molecule has 2 heterocycles. The first-order valence-electron chi connectivity index (χ1n) is 7.33. The molecule has 1 aromatic rings. The van der Waals surface area contributed by atoms with Gasteiger partial charge in [-0.3, -0.25) is 4.98 Å². The Labute approximate surface area is 123 Å². The first-order valence-corrected chi connectivity index (χ1v) is 7.33. The Balaban J connectivity index is 0.000000276. The van der Waals surface area contributed by atoms with E-state index in [4.69, 9.17) is 4.84 Å². The van der Waals surface area contributed by atoms with E-state index in [0.717, 1.165) is 0 Å². The van der Waals surface area contributed by atoms with Crippen LogP contribution in [0.1, 0.15) is 53.9 Å². The minimum Gasteiger partial charge on any atom is -0.413 e. The Morgan fingerprint density at radius 2 is 1.55 bits per heavy atom. The molecule has 0 saturated carbocycles. The Morgan fingerprint density at radius 1 is 1.00 bits per heavy atom. The van der Waals surface area contributed by atoms with Gasteiger partial charge in [0.15, 0.2) is 0 Å². The summed E-state index contributed by atoms with van der Waals surface area (Å²) in [5.74, 6) is 0. The van der Waals surface area contributed by atoms with Crippen molar-refractivity contribution in [3.63, 3.8) is 0 Å². The number of nitrogens with zero attached hydrogens (tertiary/aromatic N) is 2. The van der Waals surface area contributed by atoms with Crippen molar-refractivity contribution in [3.05, 3.63) is 42.9 Å². The predicted molar refractivity (Wildman–Crippen MR) is 84.0 cm³/mol. The van der Waals surface area contributed by atoms with Crippen molar-refractivity contribution < 1.29 is 4.84 Å². The second-order valence-electron chi connectivity index (χ2n) is 6.37. The van der Waals surface area contributed by atoms with Gasteiger partial charge in [-0.1, -0.05) is 12.1 Å². The van der Waals surface area contributed by atoms with E-state index in [-0.39, 0.29) is 11.1 Å². The van der Waals surface area contributed by atoms with Gasteiger partial charge in [-0.25, -0.2) is 0 Å². The Morgan fingerprint density at radius 3 is 1.90 bits per heavy atom. The normalized spacial score (nSPS) is 21.1. The number of allylic oxidation sites excluding steroid dienone is 1. The molecule has 0 N–H and O–H groups in total. The Kier molecular flexibility index (Phi) is 6.21. The highest BCUT2D eigenvalue weighted by Gasteiger charge is 2.42. The highest BCUT2D eigenvalue weighted by Crippen LogP contribution is 2.38. The topological polar surface area (TPSA) is 25.4 Å². The molecule has 1 aliphatic rings. The fourth-order valence-corrected chi connectivity index (χ4v) is 2.70. The maximum atomic E-state index is 5.72. The second-order valence-corrected chi connectivity index (χ2v) is 6.37. The molecule has 112 valence electrons. The van der Waals surface area contributed by atoms with E-state index in [1.807, 2.05) is 31.2 Å². The number of hydrogen-bond acceptors (Lipinski definition) is 3. The second kappa shape index (κ2) is 7.44. The summed E-state index contributed by atoms with van der Waals surface area (Å²) in [5, 5.41) is 2.14. The van der Waals surface area contributed by atoms with Crippen molar-refractivity contribution in [1.29, 1.82) is 0 Å². The van der Waals surface area contributed by atoms with E-state index in [2.05, 4.69) is 37.7 Å². The van der Waals surface area contributed by atoms with Gasteiger partial charge in [0.2, 0.25) is 0 Å². The van der Waals surface area contributed by atoms with Gasteiger partial charge in [0.05, 0.1) is 11.1 Å². The van der Waals surface area contributed by atoms with Crippen LogP contribution < -0.4 is 0 Å². The lowest BCUT2D eigenvalue weighted by atomic mass is 9.82. The number of aromatic nitrogens is 1. The van der Waals surface area contributed by atoms with Crippen LogP contribution in [0.5, 0.6) is 0 Å². The molecule has 0 bridgehead atoms. The van der Waals surface area contributed by atoms with Crippen molar-refractivity contribution in [2.75, 3.05) is 0 Å². The molecule has 20 heavy (non-hydrogen) atoms. The van der Waals surface area contributed by atoms with Gasteiger partial charge in [-0.2, -0.15) is 0 Å². The monoisotopic (exact) mass is 276 g/mol. The summed E-state index contributed by atoms with van der Waals surface area (Å²) < 4.78 is 0. The number of rotatable bonds is 2. The third-order valence-electron chi connectivity index (χ3n) is 3.55. The van der Waals surface area contributed by atoms with Crippen molar-refractivity contribution in [2.45, 2.75) is 65.0 Å². The molecule has 0 aromatic carbocycles. The van der Waals surface area contributed by atoms with E-state index in [1.54, 1.807) is 18.7 Å². The van der Waals surface area contributed by atoms with E-state index < -0.39 is 0 Å². The molecule has 1 aliphatic heterocycles. The van der Waals surface area contributed by atoms with Crippen LogP contribution >= 0.6 is 0 Å². The van der Waals surface area contributed by atoms with Crippen molar-refractivity contribution in [1.82, 2.24) is 10.0 Å². The van der Waals surface area contributed by atoms with Gasteiger partial charge in [0.25, 0.3) is 0 Å². The first-order chi connectivity index (χ1) is 9.40. The summed E-state index contributed by atoms with van der Waals surface area (Å²) in [6, 6.07) is 5.72. The lowest BCUT2D eigenvalue weighted by Gasteiger charge is -2.50. The van der Waals surface area contributed by atoms with E-state index >= 15 is 0 Å². The van der Waals surface area contributed by atoms with Crippen LogP contribution in [-0.2, 0) is 4.84 Å². The van der Waals surface area contributed by atoms with Crippen LogP contribution in [0.3, 0.4) is 0 Å². The summed E-state index contributed by atoms with van der Waals surface area (Å²) in [5.41, 5.74) is 0.280. The van der Waals surface area contributed by atoms with E-state index in [9.17, 15) is 0 Å². The first kappa shape index (κ1) is 16.7. The van der Waals surface area contributed by atoms with Crippen LogP contribution in [0.15, 0.2) is 42.9 Å². The largest absolute Gasteiger partial charge is 0.413 e. The predicted octanol–water partition coefficient (Wildman–Crippen LogP) is 4.58. The third kappa shape index (κ3) is 4.97. The minimum absolute atomic E-state index is 0.140. The standard InChI is InChI=1S/C12H23NO.C5H5N/c1-6-10-14-13-11(2,3)8-7-9-12(13,4)5;1-2-4-6-5-3-1/h6,10H,7-9H2,1-5H3;1-5H. The number of piperidine rings is 1. The zero-order valence-corrected chi connectivity index (χ0v) is 13.5. The van der Waals surface area contributed by atoms with Crippen LogP contribution in [0.2, 0.25) is 0 Å². The van der Waals surface area contributed by atoms with Crippen LogP contribution in [0, 0.1) is 0 Å². The smallest absolute Gasteiger partial charge is 0.107 e. The van der Waals surface area contributed by atoms with Crippen molar-refractivity contribution in [3.8, 4) is 0 Å². The number of hydroxylamine groups is 2. The molecule has 3 heteroatoms. The summed E-state index contributed by atoms with van der Waals surface area (Å²) in [7, 11) is 0. The fraction of sp³-hybridized carbons (Fsp3) is 0.588. The number of pyridine rings is 1. The molecule has 3 nitrogen and oxygen atoms in total. The number of hydrogen-bond donors (Lipinski definition) is 0. The van der Waals surface area contributed by atoms with Gasteiger partial charge in [-0.05, 0) is 66.0 Å². The highest BCUT2D eigenvalue weighted by atomic mass is 16.7. The maximum absolute atomic E-state index is 5.72. The summed E-state index contributed by atoms with van der Waals surface area (Å²) in [6.45, 7) is 11.0. The molecular formula is C17H28N2O. The van der Waals surface area contributed by atoms with Gasteiger partial charge >= 0.3 is 0 Å². The summed E-state index contributed by atoms with van der Waals surface area (Å²) in [6.07, 6.45) is 10.9. The van der Waals surface area contributed by atoms with Crippen LogP contribution in [0.25, 0.3) is 0 Å². The Hall–Kier alpha value is -1.35. The van der Waals surface area contributed by atoms with Crippen LogP contribution in [-0.4, -0.2) is 21.1 Å². The zero-order valence-electron chi connectivity index (χ0n) is 13.5. The van der Waals surface area contributed by atoms with E-state index in [0.29, 0.717) is 0 Å². The Bertz CT molecular complexity index is 356. The molecule has 0 spiro atoms. The molecule has 0 radical (unpaired) electrons. The van der Waals surface area contributed by atoms with Gasteiger partial charge < -0.3 is 4.84 Å². The van der Waals surface area contributed by atoms with Crippen LogP contribution in [0.4, 0.5) is 0 Å². The molecule has 0 aliphatic carbocycles. The third-order valence-corrected chi connectivity index (χ3v) is 3.55.